The summed E-state index contributed by atoms with van der Waals surface area (Å²) >= 11 is 0. The molecular formula is C48H77N5O8. The number of unbranched alkanes of at least 4 members (excludes halogenated alkanes) is 4. The van der Waals surface area contributed by atoms with E-state index in [1.165, 1.54) is 69.1 Å². The topological polar surface area (TPSA) is 183 Å². The Bertz CT molecular complexity index is 1510. The Labute approximate surface area is 366 Å². The van der Waals surface area contributed by atoms with Crippen LogP contribution in [0.3, 0.4) is 0 Å². The van der Waals surface area contributed by atoms with E-state index in [0.717, 1.165) is 25.7 Å². The molecule has 0 saturated heterocycles. The van der Waals surface area contributed by atoms with Gasteiger partial charge in [0.1, 0.15) is 12.6 Å². The molecule has 0 aromatic heterocycles. The fraction of sp³-hybridized carbons (Fsp3) is 0.625. The fourth-order valence-corrected chi connectivity index (χ4v) is 6.09. The highest BCUT2D eigenvalue weighted by Gasteiger charge is 2.32. The molecular weight excluding hydrogens is 775 g/mol. The van der Waals surface area contributed by atoms with Crippen LogP contribution in [0, 0.1) is 0 Å². The van der Waals surface area contributed by atoms with Crippen molar-refractivity contribution in [3.05, 3.63) is 71.8 Å². The molecule has 2 fully saturated rings. The predicted molar refractivity (Wildman–Crippen MR) is 242 cm³/mol. The van der Waals surface area contributed by atoms with E-state index < -0.39 is 61.1 Å². The first kappa shape index (κ1) is 54.2. The van der Waals surface area contributed by atoms with Crippen LogP contribution in [0.4, 0.5) is 0 Å². The monoisotopic (exact) mass is 852 g/mol. The maximum absolute atomic E-state index is 13.7. The quantitative estimate of drug-likeness (QED) is 0.0416. The summed E-state index contributed by atoms with van der Waals surface area (Å²) in [7, 11) is 3.12. The molecule has 1 aromatic carbocycles. The van der Waals surface area contributed by atoms with Crippen LogP contribution in [0.25, 0.3) is 0 Å². The van der Waals surface area contributed by atoms with Crippen LogP contribution in [0.15, 0.2) is 66.3 Å². The standard InChI is InChI=1S/C39H59N5O8.C6H12.C3H6/c1-7-11-12-13-14-15-17-22-28(20-8-2)25-31(52-34(47)27-40-32(45)10-4)37(49)42-30(21-9-3)36(48)38(50)41-26-33(46)43-35(39(51)44(5)6)29-23-18-16-19-24-29;1-2-4-6-5-3-1;1-2-3-1/h8,15-20,22-24,30-31,35-36,48H,7,9-14,21,25-27H2,1-6H3,(H,40,45)(H,41,50)(H,42,49)(H,43,46);1-6H2;1-3H2/b17-15-,20-8+,28-22+;;. The molecule has 0 heterocycles. The number of carbonyl (C=O) groups excluding carboxylic acids is 6. The van der Waals surface area contributed by atoms with Gasteiger partial charge in [-0.2, -0.15) is 0 Å². The van der Waals surface area contributed by atoms with Gasteiger partial charge < -0.3 is 36.0 Å². The van der Waals surface area contributed by atoms with Gasteiger partial charge in [0.25, 0.3) is 11.8 Å². The van der Waals surface area contributed by atoms with Crippen LogP contribution >= 0.6 is 0 Å². The third kappa shape index (κ3) is 26.2. The predicted octanol–water partition coefficient (Wildman–Crippen LogP) is 7.06. The van der Waals surface area contributed by atoms with E-state index >= 15 is 0 Å². The number of amides is 5. The smallest absolute Gasteiger partial charge is 0.326 e. The highest BCUT2D eigenvalue weighted by Crippen LogP contribution is 2.17. The maximum atomic E-state index is 13.7. The Kier molecular flexibility index (Phi) is 30.1. The molecule has 13 heteroatoms. The molecule has 2 aliphatic carbocycles. The van der Waals surface area contributed by atoms with Crippen molar-refractivity contribution >= 4 is 35.5 Å². The second-order valence-corrected chi connectivity index (χ2v) is 15.7. The second kappa shape index (κ2) is 33.9. The Morgan fingerprint density at radius 1 is 0.770 bits per heavy atom. The first-order valence-electron chi connectivity index (χ1n) is 22.6. The highest BCUT2D eigenvalue weighted by atomic mass is 16.5. The van der Waals surface area contributed by atoms with E-state index in [2.05, 4.69) is 28.2 Å². The third-order valence-corrected chi connectivity index (χ3v) is 9.77. The Morgan fingerprint density at radius 2 is 1.39 bits per heavy atom. The average molecular weight is 852 g/mol. The SMILES string of the molecule is C/C=C/C(=C\C=C/CCCCCC)CC(OC(=O)CNC(=O)CC)C(=O)NC(CCC)C(O)C(=O)NCC(=O)NC(C(=O)N(C)C)c1ccccc1.C1CC1.C1CCCCC1. The number of likely N-dealkylation sites (N-methyl/N-ethyl adjacent to an activating group) is 1. The van der Waals surface area contributed by atoms with Gasteiger partial charge in [-0.05, 0) is 37.3 Å². The van der Waals surface area contributed by atoms with E-state index in [1.807, 2.05) is 25.2 Å². The summed E-state index contributed by atoms with van der Waals surface area (Å²) < 4.78 is 5.53. The number of nitrogens with zero attached hydrogens (tertiary/aromatic N) is 1. The Morgan fingerprint density at radius 3 is 1.93 bits per heavy atom. The molecule has 342 valence electrons. The number of nitrogens with one attached hydrogen (secondary N) is 4. The summed E-state index contributed by atoms with van der Waals surface area (Å²) in [6.07, 6.45) is 26.0. The number of carbonyl (C=O) groups is 6. The first-order chi connectivity index (χ1) is 29.4. The van der Waals surface area contributed by atoms with Crippen LogP contribution in [0.1, 0.15) is 155 Å². The summed E-state index contributed by atoms with van der Waals surface area (Å²) in [5.41, 5.74) is 1.25. The molecule has 5 N–H and O–H groups in total. The maximum Gasteiger partial charge on any atom is 0.326 e. The van der Waals surface area contributed by atoms with Crippen LogP contribution in [0.5, 0.6) is 0 Å². The minimum Gasteiger partial charge on any atom is -0.451 e. The number of allylic oxidation sites excluding steroid dienone is 5. The van der Waals surface area contributed by atoms with Gasteiger partial charge in [0.2, 0.25) is 17.7 Å². The molecule has 13 nitrogen and oxygen atoms in total. The van der Waals surface area contributed by atoms with Crippen LogP contribution in [-0.4, -0.2) is 90.9 Å². The summed E-state index contributed by atoms with van der Waals surface area (Å²) in [4.78, 5) is 78.1. The van der Waals surface area contributed by atoms with Crippen molar-refractivity contribution in [2.75, 3.05) is 27.2 Å². The summed E-state index contributed by atoms with van der Waals surface area (Å²) in [6, 6.07) is 6.56. The van der Waals surface area contributed by atoms with Crippen molar-refractivity contribution in [1.82, 2.24) is 26.2 Å². The normalized spacial score (nSPS) is 15.4. The molecule has 61 heavy (non-hydrogen) atoms. The Hall–Kier alpha value is -4.78. The van der Waals surface area contributed by atoms with E-state index in [9.17, 15) is 33.9 Å². The molecule has 1 aromatic rings. The van der Waals surface area contributed by atoms with Gasteiger partial charge >= 0.3 is 5.97 Å². The average Bonchev–Trinajstić information content (AvgIpc) is 4.17. The van der Waals surface area contributed by atoms with Gasteiger partial charge in [-0.1, -0.05) is 165 Å². The molecule has 4 atom stereocenters. The van der Waals surface area contributed by atoms with E-state index in [-0.39, 0.29) is 31.1 Å². The lowest BCUT2D eigenvalue weighted by Crippen LogP contribution is -2.54. The van der Waals surface area contributed by atoms with Gasteiger partial charge in [-0.25, -0.2) is 0 Å². The zero-order chi connectivity index (χ0) is 45.3. The highest BCUT2D eigenvalue weighted by molar-refractivity contribution is 5.92. The van der Waals surface area contributed by atoms with Crippen molar-refractivity contribution in [1.29, 1.82) is 0 Å². The van der Waals surface area contributed by atoms with Crippen molar-refractivity contribution in [3.63, 3.8) is 0 Å². The molecule has 2 aliphatic rings. The van der Waals surface area contributed by atoms with Crippen LogP contribution in [0.2, 0.25) is 0 Å². The zero-order valence-corrected chi connectivity index (χ0v) is 38.0. The first-order valence-corrected chi connectivity index (χ1v) is 22.6. The largest absolute Gasteiger partial charge is 0.451 e. The number of benzene rings is 1. The summed E-state index contributed by atoms with van der Waals surface area (Å²) in [5.74, 6) is -3.89. The fourth-order valence-electron chi connectivity index (χ4n) is 6.09. The molecule has 4 unspecified atom stereocenters. The molecule has 2 saturated carbocycles. The molecule has 3 rings (SSSR count). The zero-order valence-electron chi connectivity index (χ0n) is 38.0. The number of hydrogen-bond acceptors (Lipinski definition) is 8. The van der Waals surface area contributed by atoms with Crippen molar-refractivity contribution in [2.24, 2.45) is 0 Å². The van der Waals surface area contributed by atoms with Gasteiger partial charge in [0, 0.05) is 26.9 Å². The number of hydrogen-bond donors (Lipinski definition) is 5. The Balaban J connectivity index is 0.00000181. The lowest BCUT2D eigenvalue weighted by atomic mass is 10.0. The van der Waals surface area contributed by atoms with Crippen LogP contribution < -0.4 is 21.3 Å². The van der Waals surface area contributed by atoms with Crippen molar-refractivity contribution in [3.8, 4) is 0 Å². The number of aliphatic hydroxyl groups excluding tert-OH is 1. The molecule has 0 aliphatic heterocycles. The third-order valence-electron chi connectivity index (χ3n) is 9.77. The van der Waals surface area contributed by atoms with E-state index in [1.54, 1.807) is 70.4 Å². The van der Waals surface area contributed by atoms with Crippen molar-refractivity contribution < 1.29 is 38.6 Å². The number of ether oxygens (including phenoxy) is 1. The van der Waals surface area contributed by atoms with Gasteiger partial charge in [0.05, 0.1) is 12.6 Å². The molecule has 5 amide bonds. The minimum absolute atomic E-state index is 0.0145. The van der Waals surface area contributed by atoms with Crippen LogP contribution in [-0.2, 0) is 33.5 Å². The molecule has 0 bridgehead atoms. The number of esters is 1. The lowest BCUT2D eigenvalue weighted by molar-refractivity contribution is -0.156. The lowest BCUT2D eigenvalue weighted by Gasteiger charge is -2.26. The minimum atomic E-state index is -1.76. The number of aliphatic hydroxyl groups is 1. The van der Waals surface area contributed by atoms with Gasteiger partial charge in [-0.3, -0.25) is 28.8 Å². The molecule has 0 radical (unpaired) electrons. The van der Waals surface area contributed by atoms with E-state index in [0.29, 0.717) is 17.6 Å². The number of rotatable bonds is 24. The van der Waals surface area contributed by atoms with Gasteiger partial charge in [0.15, 0.2) is 12.2 Å². The van der Waals surface area contributed by atoms with Gasteiger partial charge in [-0.15, -0.1) is 0 Å². The van der Waals surface area contributed by atoms with E-state index in [4.69, 9.17) is 4.74 Å². The summed E-state index contributed by atoms with van der Waals surface area (Å²) in [6.45, 7) is 6.43. The second-order valence-electron chi connectivity index (χ2n) is 15.7. The molecule has 0 spiro atoms. The summed E-state index contributed by atoms with van der Waals surface area (Å²) in [5, 5.41) is 21.1. The van der Waals surface area contributed by atoms with Crippen molar-refractivity contribution in [2.45, 2.75) is 168 Å².